The summed E-state index contributed by atoms with van der Waals surface area (Å²) in [5.74, 6) is 0.282. The fourth-order valence-electron chi connectivity index (χ4n) is 4.05. The maximum Gasteiger partial charge on any atom is 0.243 e. The van der Waals surface area contributed by atoms with E-state index in [9.17, 15) is 13.2 Å². The molecular formula is C21H25N3O3S. The number of benzene rings is 1. The Bertz CT molecular complexity index is 996. The fourth-order valence-corrected chi connectivity index (χ4v) is 5.57. The van der Waals surface area contributed by atoms with E-state index in [2.05, 4.69) is 10.3 Å². The summed E-state index contributed by atoms with van der Waals surface area (Å²) in [6.07, 6.45) is 5.76. The highest BCUT2D eigenvalue weighted by Crippen LogP contribution is 2.29. The molecular weight excluding hydrogens is 374 g/mol. The normalized spacial score (nSPS) is 18.0. The first-order valence-electron chi connectivity index (χ1n) is 9.79. The molecule has 0 spiro atoms. The second-order valence-electron chi connectivity index (χ2n) is 7.62. The molecule has 1 aliphatic heterocycles. The van der Waals surface area contributed by atoms with Crippen LogP contribution in [0.3, 0.4) is 0 Å². The second-order valence-corrected chi connectivity index (χ2v) is 9.56. The van der Waals surface area contributed by atoms with E-state index in [1.807, 2.05) is 31.2 Å². The molecule has 148 valence electrons. The van der Waals surface area contributed by atoms with E-state index in [0.29, 0.717) is 36.6 Å². The summed E-state index contributed by atoms with van der Waals surface area (Å²) in [6.45, 7) is 2.62. The molecule has 0 saturated carbocycles. The summed E-state index contributed by atoms with van der Waals surface area (Å²) >= 11 is 0. The first kappa shape index (κ1) is 19.1. The molecule has 1 saturated heterocycles. The molecule has 1 amide bonds. The first-order valence-corrected chi connectivity index (χ1v) is 11.2. The van der Waals surface area contributed by atoms with Crippen molar-refractivity contribution < 1.29 is 13.2 Å². The second kappa shape index (κ2) is 7.64. The Hall–Kier alpha value is -2.25. The molecule has 4 rings (SSSR count). The average molecular weight is 400 g/mol. The molecule has 1 N–H and O–H groups in total. The van der Waals surface area contributed by atoms with Crippen LogP contribution in [0.2, 0.25) is 0 Å². The Morgan fingerprint density at radius 1 is 1.14 bits per heavy atom. The van der Waals surface area contributed by atoms with Crippen molar-refractivity contribution in [2.24, 2.45) is 5.92 Å². The quantitative estimate of drug-likeness (QED) is 0.857. The molecule has 2 aliphatic rings. The number of pyridine rings is 1. The Labute approximate surface area is 166 Å². The van der Waals surface area contributed by atoms with Crippen molar-refractivity contribution in [3.05, 3.63) is 53.2 Å². The number of amides is 1. The molecule has 1 fully saturated rings. The number of rotatable bonds is 4. The highest BCUT2D eigenvalue weighted by atomic mass is 32.2. The summed E-state index contributed by atoms with van der Waals surface area (Å²) in [5, 5.41) is 2.88. The van der Waals surface area contributed by atoms with E-state index in [0.717, 1.165) is 30.4 Å². The monoisotopic (exact) mass is 399 g/mol. The van der Waals surface area contributed by atoms with Crippen LogP contribution in [-0.4, -0.2) is 36.7 Å². The summed E-state index contributed by atoms with van der Waals surface area (Å²) in [5.41, 5.74) is 3.33. The smallest absolute Gasteiger partial charge is 0.243 e. The minimum Gasteiger partial charge on any atom is -0.310 e. The molecule has 6 nitrogen and oxygen atoms in total. The van der Waals surface area contributed by atoms with Gasteiger partial charge in [-0.25, -0.2) is 13.4 Å². The van der Waals surface area contributed by atoms with Crippen LogP contribution in [0.15, 0.2) is 41.4 Å². The lowest BCUT2D eigenvalue weighted by Crippen LogP contribution is -2.41. The van der Waals surface area contributed by atoms with Crippen molar-refractivity contribution in [3.63, 3.8) is 0 Å². The Morgan fingerprint density at radius 2 is 1.89 bits per heavy atom. The third kappa shape index (κ3) is 3.69. The van der Waals surface area contributed by atoms with Crippen LogP contribution in [0.25, 0.3) is 0 Å². The van der Waals surface area contributed by atoms with Crippen LogP contribution in [0.4, 0.5) is 5.82 Å². The van der Waals surface area contributed by atoms with E-state index < -0.39 is 10.0 Å². The van der Waals surface area contributed by atoms with Gasteiger partial charge in [-0.3, -0.25) is 4.79 Å². The number of nitrogens with one attached hydrogen (secondary N) is 1. The zero-order valence-corrected chi connectivity index (χ0v) is 16.8. The lowest BCUT2D eigenvalue weighted by atomic mass is 9.97. The number of sulfonamides is 1. The number of hydrogen-bond donors (Lipinski definition) is 1. The van der Waals surface area contributed by atoms with Crippen LogP contribution in [0.5, 0.6) is 0 Å². The molecule has 0 unspecified atom stereocenters. The van der Waals surface area contributed by atoms with Gasteiger partial charge in [0, 0.05) is 25.2 Å². The van der Waals surface area contributed by atoms with Crippen LogP contribution >= 0.6 is 0 Å². The molecule has 2 heterocycles. The fraction of sp³-hybridized carbons (Fsp3) is 0.429. The van der Waals surface area contributed by atoms with Crippen LogP contribution in [-0.2, 0) is 27.7 Å². The topological polar surface area (TPSA) is 79.4 Å². The molecule has 28 heavy (non-hydrogen) atoms. The van der Waals surface area contributed by atoms with Crippen molar-refractivity contribution in [2.45, 2.75) is 43.9 Å². The van der Waals surface area contributed by atoms with E-state index in [-0.39, 0.29) is 11.8 Å². The molecule has 7 heteroatoms. The lowest BCUT2D eigenvalue weighted by molar-refractivity contribution is -0.120. The zero-order chi connectivity index (χ0) is 19.7. The van der Waals surface area contributed by atoms with Crippen molar-refractivity contribution >= 4 is 21.7 Å². The van der Waals surface area contributed by atoms with Gasteiger partial charge >= 0.3 is 0 Å². The van der Waals surface area contributed by atoms with E-state index in [1.54, 1.807) is 12.3 Å². The number of nitrogens with zero attached hydrogens (tertiary/aromatic N) is 2. The number of aromatic nitrogens is 1. The van der Waals surface area contributed by atoms with Gasteiger partial charge in [-0.05, 0) is 73.9 Å². The summed E-state index contributed by atoms with van der Waals surface area (Å²) < 4.78 is 27.5. The van der Waals surface area contributed by atoms with Gasteiger partial charge in [0.2, 0.25) is 15.9 Å². The molecule has 0 bridgehead atoms. The highest BCUT2D eigenvalue weighted by Gasteiger charge is 2.32. The van der Waals surface area contributed by atoms with Crippen molar-refractivity contribution in [2.75, 3.05) is 18.4 Å². The SMILES string of the molecule is Cc1cccnc1NC(=O)C1CCN(S(=O)(=O)c2ccc3c(c2)CCC3)CC1. The van der Waals surface area contributed by atoms with Gasteiger partial charge in [0.25, 0.3) is 0 Å². The molecule has 1 aromatic heterocycles. The minimum absolute atomic E-state index is 0.0867. The zero-order valence-electron chi connectivity index (χ0n) is 16.0. The Balaban J connectivity index is 1.41. The van der Waals surface area contributed by atoms with Gasteiger partial charge in [-0.2, -0.15) is 4.31 Å². The average Bonchev–Trinajstić information content (AvgIpc) is 3.17. The number of piperidine rings is 1. The maximum absolute atomic E-state index is 13.0. The Kier molecular flexibility index (Phi) is 5.21. The minimum atomic E-state index is -3.51. The number of hydrogen-bond acceptors (Lipinski definition) is 4. The predicted octanol–water partition coefficient (Wildman–Crippen LogP) is 2.92. The standard InChI is InChI=1S/C21H25N3O3S/c1-15-4-3-11-22-20(15)23-21(25)17-9-12-24(13-10-17)28(26,27)19-8-7-16-5-2-6-18(16)14-19/h3-4,7-8,11,14,17H,2,5-6,9-10,12-13H2,1H3,(H,22,23,25). The highest BCUT2D eigenvalue weighted by molar-refractivity contribution is 7.89. The summed E-state index contributed by atoms with van der Waals surface area (Å²) in [7, 11) is -3.51. The van der Waals surface area contributed by atoms with Gasteiger partial charge < -0.3 is 5.32 Å². The lowest BCUT2D eigenvalue weighted by Gasteiger charge is -2.30. The van der Waals surface area contributed by atoms with Gasteiger partial charge in [0.1, 0.15) is 5.82 Å². The summed E-state index contributed by atoms with van der Waals surface area (Å²) in [4.78, 5) is 17.1. The van der Waals surface area contributed by atoms with E-state index in [1.165, 1.54) is 9.87 Å². The van der Waals surface area contributed by atoms with Crippen LogP contribution in [0.1, 0.15) is 36.0 Å². The van der Waals surface area contributed by atoms with Crippen molar-refractivity contribution in [1.29, 1.82) is 0 Å². The van der Waals surface area contributed by atoms with Crippen LogP contribution in [0, 0.1) is 12.8 Å². The molecule has 1 aliphatic carbocycles. The van der Waals surface area contributed by atoms with E-state index >= 15 is 0 Å². The van der Waals surface area contributed by atoms with Gasteiger partial charge in [-0.15, -0.1) is 0 Å². The number of carbonyl (C=O) groups is 1. The Morgan fingerprint density at radius 3 is 2.64 bits per heavy atom. The number of aryl methyl sites for hydroxylation is 3. The molecule has 0 atom stereocenters. The molecule has 2 aromatic rings. The van der Waals surface area contributed by atoms with Gasteiger partial charge in [-0.1, -0.05) is 12.1 Å². The molecule has 1 aromatic carbocycles. The van der Waals surface area contributed by atoms with Crippen LogP contribution < -0.4 is 5.32 Å². The number of carbonyl (C=O) groups excluding carboxylic acids is 1. The third-order valence-corrected chi connectivity index (χ3v) is 7.68. The number of fused-ring (bicyclic) bond motifs is 1. The summed E-state index contributed by atoms with van der Waals surface area (Å²) in [6, 6.07) is 9.23. The van der Waals surface area contributed by atoms with E-state index in [4.69, 9.17) is 0 Å². The first-order chi connectivity index (χ1) is 13.4. The third-order valence-electron chi connectivity index (χ3n) is 5.78. The molecule has 0 radical (unpaired) electrons. The van der Waals surface area contributed by atoms with Gasteiger partial charge in [0.05, 0.1) is 4.90 Å². The van der Waals surface area contributed by atoms with Crippen molar-refractivity contribution in [1.82, 2.24) is 9.29 Å². The maximum atomic E-state index is 13.0. The van der Waals surface area contributed by atoms with Crippen molar-refractivity contribution in [3.8, 4) is 0 Å². The van der Waals surface area contributed by atoms with Gasteiger partial charge in [0.15, 0.2) is 0 Å². The predicted molar refractivity (Wildman–Crippen MR) is 108 cm³/mol. The number of anilines is 1. The largest absolute Gasteiger partial charge is 0.310 e.